The van der Waals surface area contributed by atoms with E-state index in [-0.39, 0.29) is 42.2 Å². The van der Waals surface area contributed by atoms with Crippen molar-refractivity contribution in [2.24, 2.45) is 0 Å². The molecule has 1 fully saturated rings. The predicted octanol–water partition coefficient (Wildman–Crippen LogP) is 6.91. The standard InChI is InChI=1S/C31H43N5O4Si/c1-21-15-25(16-22(2)36(21)31(38)39)24-11-12-28(27(17-24)23-9-7-6-8-10-23)34-30(37)29-33-26(18-32)19-35(29)20-40-13-14-41(3,4)5/h9,11-12,17,19,21-22,25H,6-8,10,13-16,20H2,1-5H3,(H,34,37)(H,38,39). The van der Waals surface area contributed by atoms with Gasteiger partial charge in [-0.25, -0.2) is 9.78 Å². The van der Waals surface area contributed by atoms with Crippen molar-refractivity contribution in [2.45, 2.75) is 103 Å². The Hall–Kier alpha value is -3.42. The zero-order valence-electron chi connectivity index (χ0n) is 24.9. The maximum atomic E-state index is 13.5. The van der Waals surface area contributed by atoms with Gasteiger partial charge in [0.25, 0.3) is 5.91 Å². The Morgan fingerprint density at radius 2 is 1.93 bits per heavy atom. The minimum atomic E-state index is -1.26. The summed E-state index contributed by atoms with van der Waals surface area (Å²) in [5.74, 6) is -0.0118. The first-order valence-electron chi connectivity index (χ1n) is 14.7. The number of imidazole rings is 1. The smallest absolute Gasteiger partial charge is 0.407 e. The largest absolute Gasteiger partial charge is 0.465 e. The van der Waals surface area contributed by atoms with Crippen LogP contribution in [0.3, 0.4) is 0 Å². The summed E-state index contributed by atoms with van der Waals surface area (Å²) in [6.45, 7) is 11.6. The summed E-state index contributed by atoms with van der Waals surface area (Å²) in [4.78, 5) is 31.1. The number of amides is 2. The van der Waals surface area contributed by atoms with Crippen molar-refractivity contribution in [3.8, 4) is 6.07 Å². The van der Waals surface area contributed by atoms with E-state index in [0.29, 0.717) is 12.3 Å². The van der Waals surface area contributed by atoms with Crippen LogP contribution in [0.2, 0.25) is 25.7 Å². The number of piperidine rings is 1. The molecular formula is C31H43N5O4Si. The lowest BCUT2D eigenvalue weighted by molar-refractivity contribution is 0.0767. The molecule has 10 heteroatoms. The molecule has 2 heterocycles. The molecule has 1 aromatic heterocycles. The molecule has 41 heavy (non-hydrogen) atoms. The highest BCUT2D eigenvalue weighted by molar-refractivity contribution is 6.76. The maximum absolute atomic E-state index is 13.5. The van der Waals surface area contributed by atoms with E-state index in [1.54, 1.807) is 15.7 Å². The maximum Gasteiger partial charge on any atom is 0.407 e. The van der Waals surface area contributed by atoms with Gasteiger partial charge in [-0.1, -0.05) is 31.8 Å². The Morgan fingerprint density at radius 3 is 2.54 bits per heavy atom. The topological polar surface area (TPSA) is 120 Å². The average Bonchev–Trinajstić information content (AvgIpc) is 3.34. The van der Waals surface area contributed by atoms with Gasteiger partial charge < -0.3 is 24.6 Å². The molecule has 4 rings (SSSR count). The fourth-order valence-corrected chi connectivity index (χ4v) is 6.73. The molecule has 2 aliphatic rings. The van der Waals surface area contributed by atoms with Gasteiger partial charge in [-0.05, 0) is 87.6 Å². The van der Waals surface area contributed by atoms with Crippen LogP contribution in [0.15, 0.2) is 30.5 Å². The van der Waals surface area contributed by atoms with Gasteiger partial charge in [0.2, 0.25) is 5.82 Å². The van der Waals surface area contributed by atoms with Crippen molar-refractivity contribution in [1.29, 1.82) is 5.26 Å². The van der Waals surface area contributed by atoms with E-state index in [9.17, 15) is 20.0 Å². The van der Waals surface area contributed by atoms with Gasteiger partial charge in [-0.2, -0.15) is 5.26 Å². The number of hydrogen-bond donors (Lipinski definition) is 2. The van der Waals surface area contributed by atoms with Gasteiger partial charge >= 0.3 is 6.09 Å². The van der Waals surface area contributed by atoms with Crippen LogP contribution in [0.4, 0.5) is 10.5 Å². The highest BCUT2D eigenvalue weighted by Crippen LogP contribution is 2.39. The van der Waals surface area contributed by atoms with Crippen LogP contribution >= 0.6 is 0 Å². The van der Waals surface area contributed by atoms with E-state index in [0.717, 1.165) is 55.7 Å². The number of hydrogen-bond acceptors (Lipinski definition) is 5. The van der Waals surface area contributed by atoms with Crippen LogP contribution in [-0.2, 0) is 11.5 Å². The molecule has 1 aromatic carbocycles. The Bertz CT molecular complexity index is 1330. The van der Waals surface area contributed by atoms with Gasteiger partial charge in [0.05, 0.1) is 0 Å². The summed E-state index contributed by atoms with van der Waals surface area (Å²) >= 11 is 0. The third-order valence-corrected chi connectivity index (χ3v) is 9.85. The molecule has 1 saturated heterocycles. The second-order valence-electron chi connectivity index (χ2n) is 12.7. The number of aromatic nitrogens is 2. The van der Waals surface area contributed by atoms with Crippen molar-refractivity contribution in [2.75, 3.05) is 11.9 Å². The van der Waals surface area contributed by atoms with Crippen molar-refractivity contribution in [1.82, 2.24) is 14.5 Å². The Balaban J connectivity index is 1.58. The van der Waals surface area contributed by atoms with Crippen molar-refractivity contribution >= 4 is 31.3 Å². The number of allylic oxidation sites excluding steroid dienone is 2. The highest BCUT2D eigenvalue weighted by atomic mass is 28.3. The number of carbonyl (C=O) groups excluding carboxylic acids is 1. The summed E-state index contributed by atoms with van der Waals surface area (Å²) in [5, 5.41) is 22.2. The molecule has 2 amide bonds. The lowest BCUT2D eigenvalue weighted by Crippen LogP contribution is -2.48. The number of carbonyl (C=O) groups is 2. The number of nitrogens with one attached hydrogen (secondary N) is 1. The molecule has 1 aliphatic carbocycles. The van der Waals surface area contributed by atoms with Gasteiger partial charge in [-0.15, -0.1) is 0 Å². The normalized spacial score (nSPS) is 21.2. The molecule has 0 saturated carbocycles. The molecule has 9 nitrogen and oxygen atoms in total. The fourth-order valence-electron chi connectivity index (χ4n) is 5.97. The lowest BCUT2D eigenvalue weighted by Gasteiger charge is -2.41. The molecule has 1 aliphatic heterocycles. The van der Waals surface area contributed by atoms with E-state index >= 15 is 0 Å². The zero-order valence-corrected chi connectivity index (χ0v) is 25.9. The number of nitrogens with zero attached hydrogens (tertiary/aromatic N) is 4. The highest BCUT2D eigenvalue weighted by Gasteiger charge is 2.35. The number of carboxylic acid groups (broad SMARTS) is 1. The van der Waals surface area contributed by atoms with E-state index in [1.165, 1.54) is 5.57 Å². The monoisotopic (exact) mass is 577 g/mol. The van der Waals surface area contributed by atoms with Crippen LogP contribution in [-0.4, -0.2) is 58.3 Å². The minimum absolute atomic E-state index is 0.0703. The van der Waals surface area contributed by atoms with Gasteiger partial charge in [-0.3, -0.25) is 4.79 Å². The quantitative estimate of drug-likeness (QED) is 0.247. The number of ether oxygens (including phenoxy) is 1. The Labute approximate surface area is 244 Å². The number of rotatable bonds is 9. The molecule has 2 aromatic rings. The first kappa shape index (κ1) is 30.5. The van der Waals surface area contributed by atoms with Gasteiger partial charge in [0.1, 0.15) is 12.8 Å². The SMILES string of the molecule is CC1CC(c2ccc(NC(=O)c3nc(C#N)cn3COCC[Si](C)(C)C)c(C3=CCCCC3)c2)CC(C)N1C(=O)O. The molecule has 0 radical (unpaired) electrons. The van der Waals surface area contributed by atoms with Crippen molar-refractivity contribution in [3.63, 3.8) is 0 Å². The van der Waals surface area contributed by atoms with Crippen LogP contribution in [0.5, 0.6) is 0 Å². The molecule has 220 valence electrons. The Kier molecular flexibility index (Phi) is 9.71. The third-order valence-electron chi connectivity index (χ3n) is 8.14. The molecule has 2 atom stereocenters. The van der Waals surface area contributed by atoms with E-state index in [2.05, 4.69) is 48.2 Å². The molecule has 2 unspecified atom stereocenters. The molecule has 2 N–H and O–H groups in total. The second kappa shape index (κ2) is 13.0. The first-order valence-corrected chi connectivity index (χ1v) is 18.4. The number of likely N-dealkylation sites (tertiary alicyclic amines) is 1. The average molecular weight is 578 g/mol. The third kappa shape index (κ3) is 7.66. The van der Waals surface area contributed by atoms with Crippen molar-refractivity contribution < 1.29 is 19.4 Å². The number of benzene rings is 1. The molecule has 0 spiro atoms. The summed E-state index contributed by atoms with van der Waals surface area (Å²) in [6, 6.07) is 9.09. The molecular weight excluding hydrogens is 534 g/mol. The number of anilines is 1. The summed E-state index contributed by atoms with van der Waals surface area (Å²) < 4.78 is 7.46. The summed E-state index contributed by atoms with van der Waals surface area (Å²) in [7, 11) is -1.26. The van der Waals surface area contributed by atoms with Crippen LogP contribution < -0.4 is 5.32 Å². The Morgan fingerprint density at radius 1 is 1.20 bits per heavy atom. The van der Waals surface area contributed by atoms with E-state index < -0.39 is 14.2 Å². The van der Waals surface area contributed by atoms with Crippen molar-refractivity contribution in [3.05, 3.63) is 53.1 Å². The van der Waals surface area contributed by atoms with Gasteiger partial charge in [0.15, 0.2) is 5.69 Å². The minimum Gasteiger partial charge on any atom is -0.465 e. The first-order chi connectivity index (χ1) is 19.5. The fraction of sp³-hybridized carbons (Fsp3) is 0.548. The predicted molar refractivity (Wildman–Crippen MR) is 163 cm³/mol. The summed E-state index contributed by atoms with van der Waals surface area (Å²) in [6.07, 6.45) is 8.66. The zero-order chi connectivity index (χ0) is 29.7. The molecule has 0 bridgehead atoms. The van der Waals surface area contributed by atoms with Crippen LogP contribution in [0.1, 0.15) is 85.7 Å². The van der Waals surface area contributed by atoms with Crippen LogP contribution in [0, 0.1) is 11.3 Å². The lowest BCUT2D eigenvalue weighted by atomic mass is 9.81. The summed E-state index contributed by atoms with van der Waals surface area (Å²) in [5.41, 5.74) is 4.26. The van der Waals surface area contributed by atoms with E-state index in [4.69, 9.17) is 4.74 Å². The van der Waals surface area contributed by atoms with Gasteiger partial charge in [0, 0.05) is 44.2 Å². The van der Waals surface area contributed by atoms with Crippen LogP contribution in [0.25, 0.3) is 5.57 Å². The second-order valence-corrected chi connectivity index (χ2v) is 18.3. The van der Waals surface area contributed by atoms with E-state index in [1.807, 2.05) is 26.0 Å². The number of nitriles is 1.